The van der Waals surface area contributed by atoms with Crippen LogP contribution in [-0.4, -0.2) is 31.2 Å². The number of rotatable bonds is 6. The van der Waals surface area contributed by atoms with Crippen molar-refractivity contribution in [1.82, 2.24) is 10.6 Å². The van der Waals surface area contributed by atoms with Gasteiger partial charge >= 0.3 is 6.09 Å². The summed E-state index contributed by atoms with van der Waals surface area (Å²) < 4.78 is 4.93. The molecule has 19 heavy (non-hydrogen) atoms. The topological polar surface area (TPSA) is 93.4 Å². The molecule has 1 aromatic carbocycles. The van der Waals surface area contributed by atoms with Crippen molar-refractivity contribution in [3.05, 3.63) is 35.9 Å². The Morgan fingerprint density at radius 3 is 2.58 bits per heavy atom. The minimum absolute atomic E-state index is 0.346. The highest BCUT2D eigenvalue weighted by Gasteiger charge is 2.16. The zero-order valence-electron chi connectivity index (χ0n) is 10.9. The van der Waals surface area contributed by atoms with E-state index in [1.54, 1.807) is 0 Å². The quantitative estimate of drug-likeness (QED) is 0.693. The Morgan fingerprint density at radius 2 is 1.95 bits per heavy atom. The molecular formula is C13H19N3O3. The van der Waals surface area contributed by atoms with E-state index in [-0.39, 0.29) is 5.91 Å². The van der Waals surface area contributed by atoms with Crippen molar-refractivity contribution in [2.75, 3.05) is 13.1 Å². The number of carbonyl (C=O) groups excluding carboxylic acids is 2. The lowest BCUT2D eigenvalue weighted by Crippen LogP contribution is -2.40. The van der Waals surface area contributed by atoms with Crippen LogP contribution in [0.15, 0.2) is 30.3 Å². The summed E-state index contributed by atoms with van der Waals surface area (Å²) >= 11 is 0. The van der Waals surface area contributed by atoms with Gasteiger partial charge in [0.1, 0.15) is 0 Å². The second kappa shape index (κ2) is 8.10. The molecule has 0 aliphatic carbocycles. The Labute approximate surface area is 112 Å². The van der Waals surface area contributed by atoms with E-state index in [1.807, 2.05) is 30.3 Å². The predicted octanol–water partition coefficient (Wildman–Crippen LogP) is 0.376. The van der Waals surface area contributed by atoms with E-state index < -0.39 is 12.2 Å². The van der Waals surface area contributed by atoms with Crippen molar-refractivity contribution in [2.24, 2.45) is 5.73 Å². The molecule has 1 aromatic rings. The number of alkyl carbamates (subject to hydrolysis) is 1. The van der Waals surface area contributed by atoms with Gasteiger partial charge in [-0.15, -0.1) is 0 Å². The van der Waals surface area contributed by atoms with Crippen molar-refractivity contribution in [1.29, 1.82) is 0 Å². The first kappa shape index (κ1) is 15.0. The van der Waals surface area contributed by atoms with Gasteiger partial charge in [-0.25, -0.2) is 4.79 Å². The van der Waals surface area contributed by atoms with Crippen LogP contribution in [-0.2, 0) is 16.1 Å². The normalized spacial score (nSPS) is 11.5. The molecule has 0 aliphatic rings. The zero-order chi connectivity index (χ0) is 14.1. The SMILES string of the molecule is CC(OC(=O)NCc1ccccc1)C(=O)NCCN. The van der Waals surface area contributed by atoms with E-state index in [0.29, 0.717) is 19.6 Å². The fourth-order valence-corrected chi connectivity index (χ4v) is 1.36. The molecule has 6 nitrogen and oxygen atoms in total. The molecule has 0 fully saturated rings. The lowest BCUT2D eigenvalue weighted by atomic mass is 10.2. The maximum atomic E-state index is 11.5. The van der Waals surface area contributed by atoms with Crippen LogP contribution in [0.2, 0.25) is 0 Å². The molecule has 0 saturated carbocycles. The number of nitrogens with one attached hydrogen (secondary N) is 2. The van der Waals surface area contributed by atoms with Crippen LogP contribution in [0, 0.1) is 0 Å². The minimum atomic E-state index is -0.845. The van der Waals surface area contributed by atoms with Crippen LogP contribution in [0.5, 0.6) is 0 Å². The molecule has 104 valence electrons. The van der Waals surface area contributed by atoms with Gasteiger partial charge < -0.3 is 21.1 Å². The molecule has 0 aliphatic heterocycles. The Kier molecular flexibility index (Phi) is 6.38. The number of ether oxygens (including phenoxy) is 1. The first-order chi connectivity index (χ1) is 9.13. The largest absolute Gasteiger partial charge is 0.436 e. The van der Waals surface area contributed by atoms with Crippen molar-refractivity contribution in [2.45, 2.75) is 19.6 Å². The molecule has 1 unspecified atom stereocenters. The maximum absolute atomic E-state index is 11.5. The van der Waals surface area contributed by atoms with Gasteiger partial charge in [0.15, 0.2) is 6.10 Å². The summed E-state index contributed by atoms with van der Waals surface area (Å²) in [7, 11) is 0. The molecule has 0 radical (unpaired) electrons. The molecule has 0 spiro atoms. The standard InChI is InChI=1S/C13H19N3O3/c1-10(12(17)15-8-7-14)19-13(18)16-9-11-5-3-2-4-6-11/h2-6,10H,7-9,14H2,1H3,(H,15,17)(H,16,18). The molecule has 2 amide bonds. The monoisotopic (exact) mass is 265 g/mol. The van der Waals surface area contributed by atoms with Crippen LogP contribution >= 0.6 is 0 Å². The molecule has 0 aromatic heterocycles. The van der Waals surface area contributed by atoms with E-state index in [9.17, 15) is 9.59 Å². The number of hydrogen-bond donors (Lipinski definition) is 3. The Morgan fingerprint density at radius 1 is 1.26 bits per heavy atom. The Hall–Kier alpha value is -2.08. The third-order valence-corrected chi connectivity index (χ3v) is 2.38. The van der Waals surface area contributed by atoms with Crippen LogP contribution < -0.4 is 16.4 Å². The average Bonchev–Trinajstić information content (AvgIpc) is 2.43. The first-order valence-electron chi connectivity index (χ1n) is 6.09. The molecule has 0 heterocycles. The number of nitrogens with two attached hydrogens (primary N) is 1. The van der Waals surface area contributed by atoms with E-state index in [2.05, 4.69) is 10.6 Å². The van der Waals surface area contributed by atoms with Crippen LogP contribution in [0.1, 0.15) is 12.5 Å². The van der Waals surface area contributed by atoms with Crippen molar-refractivity contribution >= 4 is 12.0 Å². The number of benzene rings is 1. The average molecular weight is 265 g/mol. The van der Waals surface area contributed by atoms with Crippen LogP contribution in [0.4, 0.5) is 4.79 Å². The molecule has 1 rings (SSSR count). The van der Waals surface area contributed by atoms with Crippen molar-refractivity contribution in [3.8, 4) is 0 Å². The summed E-state index contributed by atoms with van der Waals surface area (Å²) in [5, 5.41) is 5.12. The smallest absolute Gasteiger partial charge is 0.408 e. The van der Waals surface area contributed by atoms with Crippen molar-refractivity contribution in [3.63, 3.8) is 0 Å². The molecule has 4 N–H and O–H groups in total. The highest BCUT2D eigenvalue weighted by Crippen LogP contribution is 1.98. The Bertz CT molecular complexity index is 409. The van der Waals surface area contributed by atoms with E-state index in [1.165, 1.54) is 6.92 Å². The summed E-state index contributed by atoms with van der Waals surface area (Å²) in [6, 6.07) is 9.43. The van der Waals surface area contributed by atoms with Gasteiger partial charge in [-0.2, -0.15) is 0 Å². The van der Waals surface area contributed by atoms with Gasteiger partial charge in [0, 0.05) is 19.6 Å². The third kappa shape index (κ3) is 5.87. The summed E-state index contributed by atoms with van der Waals surface area (Å²) in [5.74, 6) is -0.361. The fourth-order valence-electron chi connectivity index (χ4n) is 1.36. The molecule has 1 atom stereocenters. The van der Waals surface area contributed by atoms with Gasteiger partial charge in [-0.1, -0.05) is 30.3 Å². The van der Waals surface area contributed by atoms with E-state index >= 15 is 0 Å². The van der Waals surface area contributed by atoms with Gasteiger partial charge in [0.05, 0.1) is 0 Å². The maximum Gasteiger partial charge on any atom is 0.408 e. The highest BCUT2D eigenvalue weighted by atomic mass is 16.6. The van der Waals surface area contributed by atoms with Crippen LogP contribution in [0.3, 0.4) is 0 Å². The van der Waals surface area contributed by atoms with Crippen LogP contribution in [0.25, 0.3) is 0 Å². The molecule has 6 heteroatoms. The first-order valence-corrected chi connectivity index (χ1v) is 6.09. The summed E-state index contributed by atoms with van der Waals surface area (Å²) in [6.45, 7) is 2.57. The summed E-state index contributed by atoms with van der Waals surface area (Å²) in [6.07, 6.45) is -1.47. The minimum Gasteiger partial charge on any atom is -0.436 e. The highest BCUT2D eigenvalue weighted by molar-refractivity contribution is 5.82. The molecule has 0 bridgehead atoms. The van der Waals surface area contributed by atoms with E-state index in [4.69, 9.17) is 10.5 Å². The zero-order valence-corrected chi connectivity index (χ0v) is 10.9. The second-order valence-electron chi connectivity index (χ2n) is 3.97. The summed E-state index contributed by atoms with van der Waals surface area (Å²) in [4.78, 5) is 22.9. The third-order valence-electron chi connectivity index (χ3n) is 2.38. The number of amides is 2. The number of carbonyl (C=O) groups is 2. The predicted molar refractivity (Wildman–Crippen MR) is 71.3 cm³/mol. The Balaban J connectivity index is 2.29. The van der Waals surface area contributed by atoms with Gasteiger partial charge in [0.25, 0.3) is 5.91 Å². The summed E-state index contributed by atoms with van der Waals surface area (Å²) in [5.41, 5.74) is 6.21. The van der Waals surface area contributed by atoms with Gasteiger partial charge in [0.2, 0.25) is 0 Å². The van der Waals surface area contributed by atoms with Gasteiger partial charge in [-0.3, -0.25) is 4.79 Å². The number of hydrogen-bond acceptors (Lipinski definition) is 4. The van der Waals surface area contributed by atoms with Gasteiger partial charge in [-0.05, 0) is 12.5 Å². The molecule has 0 saturated heterocycles. The molecular weight excluding hydrogens is 246 g/mol. The lowest BCUT2D eigenvalue weighted by molar-refractivity contribution is -0.128. The van der Waals surface area contributed by atoms with Crippen molar-refractivity contribution < 1.29 is 14.3 Å². The van der Waals surface area contributed by atoms with E-state index in [0.717, 1.165) is 5.56 Å². The fraction of sp³-hybridized carbons (Fsp3) is 0.385. The lowest BCUT2D eigenvalue weighted by Gasteiger charge is -2.13. The second-order valence-corrected chi connectivity index (χ2v) is 3.97.